The van der Waals surface area contributed by atoms with Crippen molar-refractivity contribution in [3.8, 4) is 0 Å². The van der Waals surface area contributed by atoms with Crippen LogP contribution in [0.5, 0.6) is 0 Å². The van der Waals surface area contributed by atoms with E-state index < -0.39 is 51.7 Å². The average molecular weight is 616 g/mol. The number of esters is 1. The Morgan fingerprint density at radius 3 is 2.33 bits per heavy atom. The molecule has 3 N–H and O–H groups in total. The maximum Gasteiger partial charge on any atom is 0.333 e. The van der Waals surface area contributed by atoms with Crippen LogP contribution in [0.25, 0.3) is 6.08 Å². The van der Waals surface area contributed by atoms with E-state index in [-0.39, 0.29) is 24.3 Å². The second-order valence-corrected chi connectivity index (χ2v) is 11.8. The zero-order chi connectivity index (χ0) is 32.9. The van der Waals surface area contributed by atoms with Gasteiger partial charge in [0, 0.05) is 48.1 Å². The number of ether oxygens (including phenoxy) is 1. The maximum atomic E-state index is 13.2. The van der Waals surface area contributed by atoms with Gasteiger partial charge in [-0.15, -0.1) is 0 Å². The first kappa shape index (κ1) is 33.0. The van der Waals surface area contributed by atoms with Gasteiger partial charge >= 0.3 is 17.9 Å². The number of aromatic nitrogens is 1. The number of nitro groups is 1. The molecule has 11 nitrogen and oxygen atoms in total. The summed E-state index contributed by atoms with van der Waals surface area (Å²) in [5.41, 5.74) is -0.304. The highest BCUT2D eigenvalue weighted by atomic mass is 16.6. The molecule has 2 aromatic carbocycles. The van der Waals surface area contributed by atoms with Crippen molar-refractivity contribution in [2.24, 2.45) is 10.8 Å². The Hall–Kier alpha value is -4.90. The van der Waals surface area contributed by atoms with Gasteiger partial charge in [-0.3, -0.25) is 24.7 Å². The number of carbonyl (C=O) groups excluding carboxylic acids is 1. The third-order valence-corrected chi connectivity index (χ3v) is 9.13. The van der Waals surface area contributed by atoms with Gasteiger partial charge < -0.3 is 20.3 Å². The number of nitrogens with one attached hydrogen (secondary N) is 1. The summed E-state index contributed by atoms with van der Waals surface area (Å²) < 4.78 is 5.55. The van der Waals surface area contributed by atoms with Crippen LogP contribution in [0.15, 0.2) is 78.6 Å². The zero-order valence-electron chi connectivity index (χ0n) is 25.6. The van der Waals surface area contributed by atoms with Crippen molar-refractivity contribution in [1.82, 2.24) is 10.3 Å². The molecule has 1 aromatic heterocycles. The number of non-ortho nitro benzene ring substituents is 1. The molecular formula is C34H37N3O8. The Morgan fingerprint density at radius 1 is 1.02 bits per heavy atom. The predicted molar refractivity (Wildman–Crippen MR) is 166 cm³/mol. The number of benzene rings is 2. The molecule has 0 radical (unpaired) electrons. The summed E-state index contributed by atoms with van der Waals surface area (Å²) in [4.78, 5) is 54.1. The normalized spacial score (nSPS) is 24.9. The van der Waals surface area contributed by atoms with E-state index >= 15 is 0 Å². The van der Waals surface area contributed by atoms with E-state index in [0.29, 0.717) is 12.0 Å². The van der Waals surface area contributed by atoms with Gasteiger partial charge in [-0.1, -0.05) is 42.5 Å². The van der Waals surface area contributed by atoms with Crippen LogP contribution >= 0.6 is 0 Å². The van der Waals surface area contributed by atoms with Crippen LogP contribution in [0.3, 0.4) is 0 Å². The van der Waals surface area contributed by atoms with Crippen molar-refractivity contribution in [2.75, 3.05) is 6.61 Å². The van der Waals surface area contributed by atoms with Crippen molar-refractivity contribution in [2.45, 2.75) is 58.5 Å². The van der Waals surface area contributed by atoms with Gasteiger partial charge in [0.1, 0.15) is 0 Å². The largest absolute Gasteiger partial charge is 0.481 e. The fourth-order valence-corrected chi connectivity index (χ4v) is 6.48. The monoisotopic (exact) mass is 615 g/mol. The number of hydrogen-bond donors (Lipinski definition) is 3. The quantitative estimate of drug-likeness (QED) is 0.112. The predicted octanol–water partition coefficient (Wildman–Crippen LogP) is 5.24. The van der Waals surface area contributed by atoms with Crippen LogP contribution in [0.2, 0.25) is 0 Å². The molecular weight excluding hydrogens is 578 g/mol. The van der Waals surface area contributed by atoms with Crippen LogP contribution in [-0.4, -0.2) is 56.7 Å². The fourth-order valence-electron chi connectivity index (χ4n) is 6.48. The van der Waals surface area contributed by atoms with E-state index in [4.69, 9.17) is 4.74 Å². The average Bonchev–Trinajstić information content (AvgIpc) is 3.00. The molecule has 3 aromatic rings. The minimum absolute atomic E-state index is 0.214. The van der Waals surface area contributed by atoms with Gasteiger partial charge in [0.2, 0.25) is 0 Å². The van der Waals surface area contributed by atoms with Crippen LogP contribution in [-0.2, 0) is 25.5 Å². The van der Waals surface area contributed by atoms with Gasteiger partial charge in [0.05, 0.1) is 22.4 Å². The van der Waals surface area contributed by atoms with Crippen LogP contribution in [0.1, 0.15) is 62.3 Å². The number of carbonyl (C=O) groups is 3. The summed E-state index contributed by atoms with van der Waals surface area (Å²) in [5.74, 6) is -4.40. The summed E-state index contributed by atoms with van der Waals surface area (Å²) in [7, 11) is 0. The highest BCUT2D eigenvalue weighted by Crippen LogP contribution is 2.57. The molecule has 11 heteroatoms. The number of piperidine rings is 1. The number of rotatable bonds is 11. The van der Waals surface area contributed by atoms with Crippen LogP contribution < -0.4 is 5.32 Å². The Bertz CT molecular complexity index is 1610. The lowest BCUT2D eigenvalue weighted by Gasteiger charge is -2.56. The number of nitro benzene ring substituents is 1. The Morgan fingerprint density at radius 2 is 1.73 bits per heavy atom. The summed E-state index contributed by atoms with van der Waals surface area (Å²) >= 11 is 0. The summed E-state index contributed by atoms with van der Waals surface area (Å²) in [6.07, 6.45) is 5.68. The fraction of sp³-hybridized carbons (Fsp3) is 0.353. The van der Waals surface area contributed by atoms with E-state index in [1.165, 1.54) is 31.2 Å². The molecule has 5 unspecified atom stereocenters. The minimum atomic E-state index is -1.79. The molecule has 0 amide bonds. The molecule has 5 atom stereocenters. The number of carboxylic acids is 2. The third-order valence-electron chi connectivity index (χ3n) is 9.13. The number of carboxylic acid groups (broad SMARTS) is 2. The second kappa shape index (κ2) is 13.4. The number of pyridine rings is 1. The zero-order valence-corrected chi connectivity index (χ0v) is 25.6. The van der Waals surface area contributed by atoms with Crippen molar-refractivity contribution >= 4 is 29.7 Å². The Kier molecular flexibility index (Phi) is 9.82. The molecule has 1 fully saturated rings. The molecule has 1 saturated heterocycles. The summed E-state index contributed by atoms with van der Waals surface area (Å²) in [6.45, 7) is 6.02. The topological polar surface area (TPSA) is 169 Å². The highest BCUT2D eigenvalue weighted by Gasteiger charge is 2.65. The smallest absolute Gasteiger partial charge is 0.333 e. The SMILES string of the molecule is CC(=Cc1ccc(Cc2cccnc2)cc1)C(=O)OCCC1(C(=O)O)C(C)NC(C)C(C)(C(=O)O)C1c1cccc([N+](=O)[O-])c1. The Labute approximate surface area is 261 Å². The minimum Gasteiger partial charge on any atom is -0.481 e. The molecule has 45 heavy (non-hydrogen) atoms. The van der Waals surface area contributed by atoms with Crippen LogP contribution in [0, 0.1) is 20.9 Å². The number of nitrogens with zero attached hydrogens (tertiary/aromatic N) is 2. The second-order valence-electron chi connectivity index (χ2n) is 11.8. The lowest BCUT2D eigenvalue weighted by atomic mass is 9.51. The van der Waals surface area contributed by atoms with E-state index in [0.717, 1.165) is 16.7 Å². The van der Waals surface area contributed by atoms with Gasteiger partial charge in [0.15, 0.2) is 0 Å². The van der Waals surface area contributed by atoms with Crippen molar-refractivity contribution in [1.29, 1.82) is 0 Å². The van der Waals surface area contributed by atoms with Crippen molar-refractivity contribution in [3.63, 3.8) is 0 Å². The van der Waals surface area contributed by atoms with Gasteiger partial charge in [-0.05, 0) is 74.9 Å². The first-order chi connectivity index (χ1) is 21.3. The van der Waals surface area contributed by atoms with Gasteiger partial charge in [-0.2, -0.15) is 0 Å². The molecule has 0 spiro atoms. The lowest BCUT2D eigenvalue weighted by molar-refractivity contribution is -0.385. The van der Waals surface area contributed by atoms with E-state index in [2.05, 4.69) is 10.3 Å². The van der Waals surface area contributed by atoms with Gasteiger partial charge in [0.25, 0.3) is 5.69 Å². The highest BCUT2D eigenvalue weighted by molar-refractivity contribution is 5.93. The Balaban J connectivity index is 1.57. The molecule has 4 rings (SSSR count). The van der Waals surface area contributed by atoms with Gasteiger partial charge in [-0.25, -0.2) is 4.79 Å². The molecule has 236 valence electrons. The number of hydrogen-bond acceptors (Lipinski definition) is 8. The maximum absolute atomic E-state index is 13.2. The molecule has 0 bridgehead atoms. The first-order valence-corrected chi connectivity index (χ1v) is 14.6. The number of aliphatic carboxylic acids is 2. The summed E-state index contributed by atoms with van der Waals surface area (Å²) in [6, 6.07) is 15.5. The summed E-state index contributed by atoms with van der Waals surface area (Å²) in [5, 5.41) is 35.9. The van der Waals surface area contributed by atoms with E-state index in [9.17, 15) is 34.7 Å². The third kappa shape index (κ3) is 6.63. The van der Waals surface area contributed by atoms with Crippen LogP contribution in [0.4, 0.5) is 5.69 Å². The molecule has 0 saturated carbocycles. The van der Waals surface area contributed by atoms with E-state index in [1.54, 1.807) is 39.2 Å². The first-order valence-electron chi connectivity index (χ1n) is 14.6. The molecule has 1 aliphatic heterocycles. The van der Waals surface area contributed by atoms with Crippen molar-refractivity contribution < 1.29 is 34.3 Å². The van der Waals surface area contributed by atoms with Crippen molar-refractivity contribution in [3.05, 3.63) is 111 Å². The molecule has 1 aliphatic rings. The van der Waals surface area contributed by atoms with E-state index in [1.807, 2.05) is 36.4 Å². The molecule has 0 aliphatic carbocycles. The standard InChI is InChI=1S/C34H37N3O8/c1-21(17-24-10-12-25(13-11-24)18-26-7-6-15-35-20-26)30(38)45-16-14-34(32(41)42)23(3)36-22(2)33(4,31(39)40)29(34)27-8-5-9-28(19-27)37(43)44/h5-13,15,17,19-20,22-23,29,36H,14,16,18H2,1-4H3,(H,39,40)(H,41,42). The molecule has 2 heterocycles. The lowest BCUT2D eigenvalue weighted by Crippen LogP contribution is -2.69.